The fourth-order valence-electron chi connectivity index (χ4n) is 3.62. The van der Waals surface area contributed by atoms with Gasteiger partial charge < -0.3 is 24.2 Å². The summed E-state index contributed by atoms with van der Waals surface area (Å²) < 4.78 is 32.0. The molecule has 0 spiro atoms. The van der Waals surface area contributed by atoms with Crippen LogP contribution in [0.5, 0.6) is 11.5 Å². The Labute approximate surface area is 196 Å². The third-order valence-electron chi connectivity index (χ3n) is 5.23. The lowest BCUT2D eigenvalue weighted by atomic mass is 10.2. The average Bonchev–Trinajstić information content (AvgIpc) is 2.82. The summed E-state index contributed by atoms with van der Waals surface area (Å²) in [4.78, 5) is 2.01. The lowest BCUT2D eigenvalue weighted by Crippen LogP contribution is -2.23. The molecule has 6 nitrogen and oxygen atoms in total. The van der Waals surface area contributed by atoms with E-state index in [4.69, 9.17) is 14.0 Å². The number of nitrogens with one attached hydrogen (secondary N) is 1. The van der Waals surface area contributed by atoms with Crippen LogP contribution in [0.15, 0.2) is 72.8 Å². The van der Waals surface area contributed by atoms with Crippen molar-refractivity contribution in [1.82, 2.24) is 0 Å². The Kier molecular flexibility index (Phi) is 8.06. The molecular weight excluding hydrogens is 435 g/mol. The highest BCUT2D eigenvalue weighted by atomic mass is 31.2. The monoisotopic (exact) mass is 468 g/mol. The van der Waals surface area contributed by atoms with Gasteiger partial charge in [0, 0.05) is 30.8 Å². The van der Waals surface area contributed by atoms with E-state index in [2.05, 4.69) is 5.32 Å². The summed E-state index contributed by atoms with van der Waals surface area (Å²) in [5.41, 5.74) is 2.64. The van der Waals surface area contributed by atoms with Crippen LogP contribution in [0.3, 0.4) is 0 Å². The molecule has 0 aliphatic heterocycles. The largest absolute Gasteiger partial charge is 0.493 e. The third-order valence-corrected chi connectivity index (χ3v) is 8.09. The van der Waals surface area contributed by atoms with Crippen LogP contribution in [-0.2, 0) is 9.09 Å². The molecule has 0 saturated carbocycles. The Morgan fingerprint density at radius 1 is 0.848 bits per heavy atom. The summed E-state index contributed by atoms with van der Waals surface area (Å²) in [5.74, 6) is 0.524. The molecule has 3 rings (SSSR count). The van der Waals surface area contributed by atoms with E-state index in [1.807, 2.05) is 106 Å². The predicted octanol–water partition coefficient (Wildman–Crippen LogP) is 5.91. The summed E-state index contributed by atoms with van der Waals surface area (Å²) in [5, 5.41) is 4.11. The van der Waals surface area contributed by atoms with Gasteiger partial charge in [0.15, 0.2) is 11.5 Å². The first-order valence-electron chi connectivity index (χ1n) is 10.9. The third kappa shape index (κ3) is 5.70. The zero-order chi connectivity index (χ0) is 24.0. The molecule has 3 aromatic rings. The van der Waals surface area contributed by atoms with E-state index >= 15 is 0 Å². The molecule has 1 N–H and O–H groups in total. The summed E-state index contributed by atoms with van der Waals surface area (Å²) >= 11 is 0. The van der Waals surface area contributed by atoms with Crippen molar-refractivity contribution in [2.24, 2.45) is 0 Å². The molecule has 176 valence electrons. The van der Waals surface area contributed by atoms with E-state index < -0.39 is 13.2 Å². The number of rotatable bonds is 10. The van der Waals surface area contributed by atoms with Crippen LogP contribution in [0.4, 0.5) is 11.4 Å². The predicted molar refractivity (Wildman–Crippen MR) is 137 cm³/mol. The molecule has 0 heterocycles. The van der Waals surface area contributed by atoms with Crippen molar-refractivity contribution in [3.8, 4) is 11.5 Å². The second-order valence-electron chi connectivity index (χ2n) is 8.19. The highest BCUT2D eigenvalue weighted by Crippen LogP contribution is 2.60. The van der Waals surface area contributed by atoms with Crippen molar-refractivity contribution in [2.45, 2.75) is 25.7 Å². The number of anilines is 2. The maximum Gasteiger partial charge on any atom is 0.258 e. The van der Waals surface area contributed by atoms with E-state index in [0.29, 0.717) is 16.8 Å². The van der Waals surface area contributed by atoms with Crippen molar-refractivity contribution in [1.29, 1.82) is 0 Å². The number of hydrogen-bond donors (Lipinski definition) is 1. The first kappa shape index (κ1) is 24.7. The van der Waals surface area contributed by atoms with Crippen LogP contribution in [0, 0.1) is 0 Å². The molecule has 0 saturated heterocycles. The van der Waals surface area contributed by atoms with Crippen molar-refractivity contribution in [2.75, 3.05) is 38.5 Å². The molecule has 2 atom stereocenters. The molecule has 33 heavy (non-hydrogen) atoms. The second kappa shape index (κ2) is 10.8. The minimum atomic E-state index is -3.46. The van der Waals surface area contributed by atoms with E-state index in [9.17, 15) is 4.57 Å². The lowest BCUT2D eigenvalue weighted by molar-refractivity contribution is 0.245. The van der Waals surface area contributed by atoms with Crippen LogP contribution in [0.2, 0.25) is 0 Å². The highest BCUT2D eigenvalue weighted by Gasteiger charge is 2.39. The number of ether oxygens (including phenoxy) is 2. The van der Waals surface area contributed by atoms with Gasteiger partial charge in [0.25, 0.3) is 7.37 Å². The quantitative estimate of drug-likeness (QED) is 0.373. The summed E-state index contributed by atoms with van der Waals surface area (Å²) in [7, 11) is 3.68. The normalized spacial score (nSPS) is 13.8. The Bertz CT molecular complexity index is 1090. The van der Waals surface area contributed by atoms with Gasteiger partial charge in [-0.2, -0.15) is 0 Å². The van der Waals surface area contributed by atoms with E-state index in [1.54, 1.807) is 14.2 Å². The Balaban J connectivity index is 2.18. The number of para-hydroxylation sites is 1. The van der Waals surface area contributed by atoms with Crippen molar-refractivity contribution >= 4 is 24.0 Å². The zero-order valence-electron chi connectivity index (χ0n) is 20.1. The number of nitrogens with zero attached hydrogens (tertiary/aromatic N) is 1. The van der Waals surface area contributed by atoms with Crippen molar-refractivity contribution in [3.05, 3.63) is 78.4 Å². The second-order valence-corrected chi connectivity index (χ2v) is 10.6. The van der Waals surface area contributed by atoms with Gasteiger partial charge in [-0.1, -0.05) is 24.3 Å². The molecule has 0 bridgehead atoms. The smallest absolute Gasteiger partial charge is 0.258 e. The van der Waals surface area contributed by atoms with Crippen LogP contribution in [0.1, 0.15) is 25.2 Å². The summed E-state index contributed by atoms with van der Waals surface area (Å²) in [6, 6.07) is 23.0. The molecule has 0 radical (unpaired) electrons. The van der Waals surface area contributed by atoms with Gasteiger partial charge >= 0.3 is 0 Å². The van der Waals surface area contributed by atoms with E-state index in [0.717, 1.165) is 16.9 Å². The van der Waals surface area contributed by atoms with Gasteiger partial charge in [0.2, 0.25) is 0 Å². The molecule has 0 fully saturated rings. The van der Waals surface area contributed by atoms with Gasteiger partial charge in [-0.15, -0.1) is 0 Å². The van der Waals surface area contributed by atoms with Gasteiger partial charge in [0.05, 0.1) is 20.3 Å². The average molecular weight is 469 g/mol. The van der Waals surface area contributed by atoms with Gasteiger partial charge in [-0.25, -0.2) is 0 Å². The Morgan fingerprint density at radius 2 is 1.48 bits per heavy atom. The first-order chi connectivity index (χ1) is 15.8. The lowest BCUT2D eigenvalue weighted by Gasteiger charge is -2.31. The SMILES string of the molecule is COc1ccc([C@@H](Nc2ccccc2)[P@](=O)(OC(C)C)c2ccc(N(C)C)cc2)cc1OC. The van der Waals surface area contributed by atoms with Gasteiger partial charge in [0.1, 0.15) is 5.78 Å². The molecule has 0 aromatic heterocycles. The zero-order valence-corrected chi connectivity index (χ0v) is 21.0. The standard InChI is InChI=1S/C26H33N2O4P/c1-19(2)32-33(29,23-15-13-22(14-16-23)28(3)4)26(27-21-10-8-7-9-11-21)20-12-17-24(30-5)25(18-20)31-6/h7-19,26-27H,1-6H3/t26-,33+/m0/s1. The molecule has 7 heteroatoms. The molecule has 0 amide bonds. The maximum absolute atomic E-state index is 14.8. The summed E-state index contributed by atoms with van der Waals surface area (Å²) in [6.07, 6.45) is -0.246. The maximum atomic E-state index is 14.8. The molecule has 0 unspecified atom stereocenters. The van der Waals surface area contributed by atoms with Crippen LogP contribution in [0.25, 0.3) is 0 Å². The van der Waals surface area contributed by atoms with Crippen molar-refractivity contribution < 1.29 is 18.6 Å². The molecular formula is C26H33N2O4P. The number of methoxy groups -OCH3 is 2. The molecule has 3 aromatic carbocycles. The van der Waals surface area contributed by atoms with Crippen LogP contribution in [-0.4, -0.2) is 34.4 Å². The first-order valence-corrected chi connectivity index (χ1v) is 12.6. The van der Waals surface area contributed by atoms with E-state index in [-0.39, 0.29) is 6.10 Å². The topological polar surface area (TPSA) is 60.0 Å². The van der Waals surface area contributed by atoms with Gasteiger partial charge in [-0.3, -0.25) is 4.57 Å². The van der Waals surface area contributed by atoms with Crippen molar-refractivity contribution in [3.63, 3.8) is 0 Å². The fourth-order valence-corrected chi connectivity index (χ4v) is 6.23. The minimum Gasteiger partial charge on any atom is -0.493 e. The van der Waals surface area contributed by atoms with Crippen LogP contribution < -0.4 is 25.0 Å². The highest BCUT2D eigenvalue weighted by molar-refractivity contribution is 7.67. The Morgan fingerprint density at radius 3 is 2.03 bits per heavy atom. The molecule has 0 aliphatic carbocycles. The fraction of sp³-hybridized carbons (Fsp3) is 0.308. The van der Waals surface area contributed by atoms with E-state index in [1.165, 1.54) is 0 Å². The summed E-state index contributed by atoms with van der Waals surface area (Å²) in [6.45, 7) is 3.80. The molecule has 0 aliphatic rings. The minimum absolute atomic E-state index is 0.246. The van der Waals surface area contributed by atoms with Crippen LogP contribution >= 0.6 is 7.37 Å². The number of hydrogen-bond acceptors (Lipinski definition) is 6. The van der Waals surface area contributed by atoms with Gasteiger partial charge in [-0.05, 0) is 67.9 Å². The Hall–Kier alpha value is -2.95. The number of benzene rings is 3.